The van der Waals surface area contributed by atoms with E-state index in [-0.39, 0.29) is 5.91 Å². The number of aromatic nitrogens is 2. The SMILES string of the molecule is C=CC(=O)NCCCCCc1nc2ccccc2n1Cc1ccc(Br)cc1. The highest BCUT2D eigenvalue weighted by Gasteiger charge is 2.10. The Morgan fingerprint density at radius 2 is 1.89 bits per heavy atom. The Bertz CT molecular complexity index is 915. The van der Waals surface area contributed by atoms with Crippen molar-refractivity contribution in [1.29, 1.82) is 0 Å². The highest BCUT2D eigenvalue weighted by atomic mass is 79.9. The van der Waals surface area contributed by atoms with Crippen LogP contribution in [0.4, 0.5) is 0 Å². The fourth-order valence-corrected chi connectivity index (χ4v) is 3.40. The van der Waals surface area contributed by atoms with Crippen molar-refractivity contribution in [3.63, 3.8) is 0 Å². The van der Waals surface area contributed by atoms with Gasteiger partial charge in [0.1, 0.15) is 5.82 Å². The maximum Gasteiger partial charge on any atom is 0.243 e. The molecule has 1 aromatic heterocycles. The van der Waals surface area contributed by atoms with Gasteiger partial charge in [-0.25, -0.2) is 4.98 Å². The van der Waals surface area contributed by atoms with E-state index in [1.807, 2.05) is 6.07 Å². The van der Waals surface area contributed by atoms with Gasteiger partial charge < -0.3 is 9.88 Å². The van der Waals surface area contributed by atoms with E-state index in [2.05, 4.69) is 74.9 Å². The molecule has 0 saturated heterocycles. The molecule has 140 valence electrons. The van der Waals surface area contributed by atoms with Crippen molar-refractivity contribution in [3.05, 3.63) is 77.0 Å². The number of halogens is 1. The Morgan fingerprint density at radius 3 is 2.67 bits per heavy atom. The Kier molecular flexibility index (Phi) is 6.82. The summed E-state index contributed by atoms with van der Waals surface area (Å²) in [5.74, 6) is 1.01. The van der Waals surface area contributed by atoms with Crippen molar-refractivity contribution in [3.8, 4) is 0 Å². The van der Waals surface area contributed by atoms with Gasteiger partial charge in [-0.3, -0.25) is 4.79 Å². The highest BCUT2D eigenvalue weighted by Crippen LogP contribution is 2.20. The number of rotatable bonds is 9. The molecule has 1 amide bonds. The van der Waals surface area contributed by atoms with Gasteiger partial charge in [0.25, 0.3) is 0 Å². The molecular weight excluding hydrogens is 402 g/mol. The van der Waals surface area contributed by atoms with E-state index in [1.54, 1.807) is 0 Å². The molecule has 5 heteroatoms. The van der Waals surface area contributed by atoms with Crippen LogP contribution < -0.4 is 5.32 Å². The van der Waals surface area contributed by atoms with Gasteiger partial charge in [-0.15, -0.1) is 0 Å². The molecule has 3 aromatic rings. The monoisotopic (exact) mass is 425 g/mol. The van der Waals surface area contributed by atoms with Crippen LogP contribution in [-0.2, 0) is 17.8 Å². The zero-order valence-electron chi connectivity index (χ0n) is 15.3. The lowest BCUT2D eigenvalue weighted by atomic mass is 10.1. The summed E-state index contributed by atoms with van der Waals surface area (Å²) in [5, 5.41) is 2.82. The van der Waals surface area contributed by atoms with Crippen molar-refractivity contribution in [2.75, 3.05) is 6.54 Å². The third kappa shape index (κ3) is 5.30. The number of carbonyl (C=O) groups is 1. The van der Waals surface area contributed by atoms with E-state index < -0.39 is 0 Å². The van der Waals surface area contributed by atoms with Crippen LogP contribution in [0.25, 0.3) is 11.0 Å². The first kappa shape index (κ1) is 19.4. The van der Waals surface area contributed by atoms with Gasteiger partial charge in [-0.1, -0.05) is 53.2 Å². The van der Waals surface area contributed by atoms with Crippen LogP contribution >= 0.6 is 15.9 Å². The van der Waals surface area contributed by atoms with Gasteiger partial charge in [0.2, 0.25) is 5.91 Å². The number of hydrogen-bond donors (Lipinski definition) is 1. The van der Waals surface area contributed by atoms with E-state index in [1.165, 1.54) is 17.2 Å². The van der Waals surface area contributed by atoms with Gasteiger partial charge in [0, 0.05) is 24.0 Å². The number of para-hydroxylation sites is 2. The topological polar surface area (TPSA) is 46.9 Å². The van der Waals surface area contributed by atoms with Gasteiger partial charge in [-0.2, -0.15) is 0 Å². The fraction of sp³-hybridized carbons (Fsp3) is 0.273. The maximum atomic E-state index is 11.2. The van der Waals surface area contributed by atoms with Crippen LogP contribution in [0.15, 0.2) is 65.7 Å². The summed E-state index contributed by atoms with van der Waals surface area (Å²) in [5.41, 5.74) is 3.48. The number of benzene rings is 2. The van der Waals surface area contributed by atoms with Crippen LogP contribution in [0.5, 0.6) is 0 Å². The van der Waals surface area contributed by atoms with Crippen molar-refractivity contribution in [2.24, 2.45) is 0 Å². The number of nitrogens with one attached hydrogen (secondary N) is 1. The molecule has 27 heavy (non-hydrogen) atoms. The fourth-order valence-electron chi connectivity index (χ4n) is 3.13. The number of carbonyl (C=O) groups excluding carboxylic acids is 1. The summed E-state index contributed by atoms with van der Waals surface area (Å²) in [7, 11) is 0. The third-order valence-corrected chi connectivity index (χ3v) is 5.08. The van der Waals surface area contributed by atoms with Gasteiger partial charge in [0.05, 0.1) is 11.0 Å². The number of aryl methyl sites for hydroxylation is 1. The summed E-state index contributed by atoms with van der Waals surface area (Å²) in [6, 6.07) is 16.7. The molecule has 4 nitrogen and oxygen atoms in total. The zero-order chi connectivity index (χ0) is 19.1. The second kappa shape index (κ2) is 9.51. The molecule has 3 rings (SSSR count). The lowest BCUT2D eigenvalue weighted by Gasteiger charge is -2.10. The van der Waals surface area contributed by atoms with Crippen LogP contribution in [0.3, 0.4) is 0 Å². The van der Waals surface area contributed by atoms with Crippen molar-refractivity contribution < 1.29 is 4.79 Å². The van der Waals surface area contributed by atoms with Gasteiger partial charge in [-0.05, 0) is 48.7 Å². The predicted molar refractivity (Wildman–Crippen MR) is 114 cm³/mol. The van der Waals surface area contributed by atoms with Crippen molar-refractivity contribution in [1.82, 2.24) is 14.9 Å². The number of fused-ring (bicyclic) bond motifs is 1. The van der Waals surface area contributed by atoms with Crippen molar-refractivity contribution in [2.45, 2.75) is 32.2 Å². The van der Waals surface area contributed by atoms with E-state index in [0.29, 0.717) is 6.54 Å². The molecular formula is C22H24BrN3O. The van der Waals surface area contributed by atoms with Crippen molar-refractivity contribution >= 4 is 32.9 Å². The summed E-state index contributed by atoms with van der Waals surface area (Å²) in [6.45, 7) is 4.97. The average Bonchev–Trinajstić information content (AvgIpc) is 3.03. The van der Waals surface area contributed by atoms with Gasteiger partial charge in [0.15, 0.2) is 0 Å². The molecule has 1 heterocycles. The minimum atomic E-state index is -0.105. The lowest BCUT2D eigenvalue weighted by Crippen LogP contribution is -2.21. The summed E-state index contributed by atoms with van der Waals surface area (Å²) >= 11 is 3.50. The predicted octanol–water partition coefficient (Wildman–Crippen LogP) is 4.86. The molecule has 0 atom stereocenters. The molecule has 1 N–H and O–H groups in total. The molecule has 0 radical (unpaired) electrons. The van der Waals surface area contributed by atoms with E-state index in [9.17, 15) is 4.79 Å². The minimum absolute atomic E-state index is 0.105. The third-order valence-electron chi connectivity index (χ3n) is 4.55. The maximum absolute atomic E-state index is 11.2. The smallest absolute Gasteiger partial charge is 0.243 e. The van der Waals surface area contributed by atoms with Crippen LogP contribution in [0.2, 0.25) is 0 Å². The average molecular weight is 426 g/mol. The molecule has 0 saturated carbocycles. The second-order valence-corrected chi connectivity index (χ2v) is 7.45. The molecule has 0 aliphatic heterocycles. The Morgan fingerprint density at radius 1 is 1.11 bits per heavy atom. The first-order valence-electron chi connectivity index (χ1n) is 9.26. The summed E-state index contributed by atoms with van der Waals surface area (Å²) < 4.78 is 3.41. The minimum Gasteiger partial charge on any atom is -0.353 e. The number of unbranched alkanes of at least 4 members (excludes halogenated alkanes) is 2. The summed E-state index contributed by atoms with van der Waals surface area (Å²) in [4.78, 5) is 16.0. The standard InChI is InChI=1S/C22H24BrN3O/c1-2-22(27)24-15-7-3-4-10-21-25-19-8-5-6-9-20(19)26(21)16-17-11-13-18(23)14-12-17/h2,5-6,8-9,11-14H,1,3-4,7,10,15-16H2,(H,24,27). The van der Waals surface area contributed by atoms with Crippen LogP contribution in [-0.4, -0.2) is 22.0 Å². The quantitative estimate of drug-likeness (QED) is 0.392. The summed E-state index contributed by atoms with van der Waals surface area (Å²) in [6.07, 6.45) is 5.31. The first-order chi connectivity index (χ1) is 13.2. The Labute approximate surface area is 168 Å². The molecule has 0 fully saturated rings. The Hall–Kier alpha value is -2.40. The molecule has 0 bridgehead atoms. The molecule has 0 unspecified atom stereocenters. The second-order valence-electron chi connectivity index (χ2n) is 6.54. The van der Waals surface area contributed by atoms with E-state index in [4.69, 9.17) is 4.98 Å². The number of imidazole rings is 1. The highest BCUT2D eigenvalue weighted by molar-refractivity contribution is 9.10. The van der Waals surface area contributed by atoms with E-state index >= 15 is 0 Å². The zero-order valence-corrected chi connectivity index (χ0v) is 16.9. The number of hydrogen-bond acceptors (Lipinski definition) is 2. The molecule has 0 aliphatic rings. The normalized spacial score (nSPS) is 10.9. The molecule has 0 spiro atoms. The largest absolute Gasteiger partial charge is 0.353 e. The molecule has 2 aromatic carbocycles. The van der Waals surface area contributed by atoms with E-state index in [0.717, 1.165) is 48.0 Å². The number of amides is 1. The lowest BCUT2D eigenvalue weighted by molar-refractivity contribution is -0.116. The van der Waals surface area contributed by atoms with Gasteiger partial charge >= 0.3 is 0 Å². The number of nitrogens with zero attached hydrogens (tertiary/aromatic N) is 2. The Balaban J connectivity index is 1.66. The molecule has 0 aliphatic carbocycles. The van der Waals surface area contributed by atoms with Crippen LogP contribution in [0, 0.1) is 0 Å². The first-order valence-corrected chi connectivity index (χ1v) is 10.1. The van der Waals surface area contributed by atoms with Crippen LogP contribution in [0.1, 0.15) is 30.7 Å².